The van der Waals surface area contributed by atoms with Gasteiger partial charge in [0.1, 0.15) is 5.69 Å². The predicted molar refractivity (Wildman–Crippen MR) is 107 cm³/mol. The summed E-state index contributed by atoms with van der Waals surface area (Å²) >= 11 is 0. The van der Waals surface area contributed by atoms with Crippen molar-refractivity contribution in [1.29, 1.82) is 0 Å². The second-order valence-electron chi connectivity index (χ2n) is 7.75. The molecule has 1 saturated carbocycles. The zero-order valence-electron chi connectivity index (χ0n) is 17.1. The molecule has 9 heteroatoms. The van der Waals surface area contributed by atoms with Crippen LogP contribution in [0.5, 0.6) is 0 Å². The highest BCUT2D eigenvalue weighted by Crippen LogP contribution is 2.54. The van der Waals surface area contributed by atoms with Crippen LogP contribution in [0.4, 0.5) is 0 Å². The molecule has 4 heterocycles. The highest BCUT2D eigenvalue weighted by molar-refractivity contribution is 5.60. The Kier molecular flexibility index (Phi) is 4.20. The summed E-state index contributed by atoms with van der Waals surface area (Å²) in [6.45, 7) is 5.38. The van der Waals surface area contributed by atoms with Crippen molar-refractivity contribution in [2.75, 3.05) is 13.7 Å². The average molecular weight is 392 g/mol. The molecule has 4 aromatic heterocycles. The van der Waals surface area contributed by atoms with Crippen molar-refractivity contribution in [3.05, 3.63) is 47.2 Å². The van der Waals surface area contributed by atoms with Crippen molar-refractivity contribution >= 4 is 5.65 Å². The molecule has 0 N–H and O–H groups in total. The highest BCUT2D eigenvalue weighted by Gasteiger charge is 2.42. The van der Waals surface area contributed by atoms with Gasteiger partial charge in [0.15, 0.2) is 11.5 Å². The van der Waals surface area contributed by atoms with E-state index in [4.69, 9.17) is 14.9 Å². The molecule has 2 unspecified atom stereocenters. The smallest absolute Gasteiger partial charge is 0.180 e. The molecule has 4 aromatic rings. The monoisotopic (exact) mass is 392 g/mol. The quantitative estimate of drug-likeness (QED) is 0.500. The SMILES string of the molecule is COCCn1cc(C2CC2c2cc(-c3cc(C)c4nnc(C)n4n3)n(C)n2)cn1. The van der Waals surface area contributed by atoms with E-state index < -0.39 is 0 Å². The third-order valence-electron chi connectivity index (χ3n) is 5.65. The van der Waals surface area contributed by atoms with Gasteiger partial charge < -0.3 is 4.74 Å². The van der Waals surface area contributed by atoms with Crippen LogP contribution in [-0.4, -0.2) is 53.1 Å². The van der Waals surface area contributed by atoms with Crippen molar-refractivity contribution in [3.63, 3.8) is 0 Å². The summed E-state index contributed by atoms with van der Waals surface area (Å²) < 4.78 is 10.8. The maximum Gasteiger partial charge on any atom is 0.180 e. The first-order valence-corrected chi connectivity index (χ1v) is 9.80. The summed E-state index contributed by atoms with van der Waals surface area (Å²) in [5.74, 6) is 1.68. The van der Waals surface area contributed by atoms with E-state index >= 15 is 0 Å². The number of aromatic nitrogens is 8. The Hall–Kier alpha value is -3.07. The van der Waals surface area contributed by atoms with Crippen LogP contribution >= 0.6 is 0 Å². The van der Waals surface area contributed by atoms with Crippen molar-refractivity contribution in [3.8, 4) is 11.4 Å². The largest absolute Gasteiger partial charge is 0.383 e. The Morgan fingerprint density at radius 1 is 1.14 bits per heavy atom. The molecule has 0 aromatic carbocycles. The number of fused-ring (bicyclic) bond motifs is 1. The molecule has 0 radical (unpaired) electrons. The molecule has 5 rings (SSSR count). The molecule has 0 saturated heterocycles. The fraction of sp³-hybridized carbons (Fsp3) is 0.450. The molecular weight excluding hydrogens is 368 g/mol. The van der Waals surface area contributed by atoms with Crippen LogP contribution in [0.2, 0.25) is 0 Å². The molecule has 0 spiro atoms. The molecule has 0 bridgehead atoms. The first kappa shape index (κ1) is 18.0. The Morgan fingerprint density at radius 3 is 2.83 bits per heavy atom. The van der Waals surface area contributed by atoms with E-state index in [1.165, 1.54) is 5.56 Å². The Labute approximate surface area is 168 Å². The zero-order chi connectivity index (χ0) is 20.1. The molecule has 2 atom stereocenters. The molecular formula is C20H24N8O. The van der Waals surface area contributed by atoms with Crippen LogP contribution < -0.4 is 0 Å². The zero-order valence-corrected chi connectivity index (χ0v) is 17.1. The number of hydrogen-bond acceptors (Lipinski definition) is 6. The summed E-state index contributed by atoms with van der Waals surface area (Å²) in [7, 11) is 3.68. The van der Waals surface area contributed by atoms with Gasteiger partial charge in [-0.15, -0.1) is 10.2 Å². The van der Waals surface area contributed by atoms with Gasteiger partial charge in [-0.05, 0) is 49.4 Å². The number of aryl methyl sites for hydroxylation is 3. The molecule has 150 valence electrons. The number of methoxy groups -OCH3 is 1. The lowest BCUT2D eigenvalue weighted by atomic mass is 10.1. The van der Waals surface area contributed by atoms with Crippen molar-refractivity contribution < 1.29 is 4.74 Å². The Bertz CT molecular complexity index is 1190. The van der Waals surface area contributed by atoms with Gasteiger partial charge in [0.25, 0.3) is 0 Å². The van der Waals surface area contributed by atoms with Crippen LogP contribution in [0.3, 0.4) is 0 Å². The van der Waals surface area contributed by atoms with Gasteiger partial charge in [-0.3, -0.25) is 9.36 Å². The van der Waals surface area contributed by atoms with Crippen LogP contribution in [0.15, 0.2) is 24.5 Å². The predicted octanol–water partition coefficient (Wildman–Crippen LogP) is 2.26. The van der Waals surface area contributed by atoms with Gasteiger partial charge in [-0.1, -0.05) is 0 Å². The van der Waals surface area contributed by atoms with Crippen LogP contribution in [0, 0.1) is 13.8 Å². The van der Waals surface area contributed by atoms with E-state index in [1.54, 1.807) is 11.6 Å². The van der Waals surface area contributed by atoms with Crippen molar-refractivity contribution in [1.82, 2.24) is 39.4 Å². The Balaban J connectivity index is 1.40. The lowest BCUT2D eigenvalue weighted by Crippen LogP contribution is -2.03. The van der Waals surface area contributed by atoms with E-state index in [9.17, 15) is 0 Å². The number of hydrogen-bond donors (Lipinski definition) is 0. The fourth-order valence-corrected chi connectivity index (χ4v) is 3.93. The highest BCUT2D eigenvalue weighted by atomic mass is 16.5. The molecule has 0 aliphatic heterocycles. The number of nitrogens with zero attached hydrogens (tertiary/aromatic N) is 8. The van der Waals surface area contributed by atoms with E-state index in [-0.39, 0.29) is 0 Å². The van der Waals surface area contributed by atoms with Gasteiger partial charge in [0.05, 0.1) is 30.7 Å². The van der Waals surface area contributed by atoms with E-state index in [0.717, 1.165) is 47.1 Å². The van der Waals surface area contributed by atoms with Gasteiger partial charge in [0.2, 0.25) is 0 Å². The summed E-state index contributed by atoms with van der Waals surface area (Å²) in [5.41, 5.74) is 6.10. The van der Waals surface area contributed by atoms with Gasteiger partial charge in [0, 0.05) is 26.3 Å². The van der Waals surface area contributed by atoms with Gasteiger partial charge >= 0.3 is 0 Å². The van der Waals surface area contributed by atoms with E-state index in [2.05, 4.69) is 33.6 Å². The van der Waals surface area contributed by atoms with Crippen LogP contribution in [0.25, 0.3) is 17.0 Å². The first-order valence-electron chi connectivity index (χ1n) is 9.80. The minimum Gasteiger partial charge on any atom is -0.383 e. The summed E-state index contributed by atoms with van der Waals surface area (Å²) in [5, 5.41) is 22.3. The second-order valence-corrected chi connectivity index (χ2v) is 7.75. The molecule has 29 heavy (non-hydrogen) atoms. The van der Waals surface area contributed by atoms with Crippen molar-refractivity contribution in [2.24, 2.45) is 7.05 Å². The lowest BCUT2D eigenvalue weighted by molar-refractivity contribution is 0.183. The summed E-state index contributed by atoms with van der Waals surface area (Å²) in [6, 6.07) is 4.21. The molecule has 1 aliphatic rings. The van der Waals surface area contributed by atoms with Crippen molar-refractivity contribution in [2.45, 2.75) is 38.6 Å². The molecule has 1 fully saturated rings. The number of ether oxygens (including phenoxy) is 1. The van der Waals surface area contributed by atoms with Crippen LogP contribution in [-0.2, 0) is 18.3 Å². The van der Waals surface area contributed by atoms with Gasteiger partial charge in [-0.25, -0.2) is 0 Å². The van der Waals surface area contributed by atoms with E-state index in [1.807, 2.05) is 36.5 Å². The summed E-state index contributed by atoms with van der Waals surface area (Å²) in [6.07, 6.45) is 5.20. The molecule has 0 amide bonds. The fourth-order valence-electron chi connectivity index (χ4n) is 3.93. The summed E-state index contributed by atoms with van der Waals surface area (Å²) in [4.78, 5) is 0. The lowest BCUT2D eigenvalue weighted by Gasteiger charge is -2.04. The normalized spacial score (nSPS) is 18.6. The third-order valence-corrected chi connectivity index (χ3v) is 5.65. The van der Waals surface area contributed by atoms with E-state index in [0.29, 0.717) is 18.4 Å². The molecule has 1 aliphatic carbocycles. The third kappa shape index (κ3) is 3.11. The van der Waals surface area contributed by atoms with Gasteiger partial charge in [-0.2, -0.15) is 19.8 Å². The maximum absolute atomic E-state index is 5.13. The second kappa shape index (κ2) is 6.77. The number of rotatable bonds is 6. The van der Waals surface area contributed by atoms with Crippen LogP contribution in [0.1, 0.15) is 40.9 Å². The Morgan fingerprint density at radius 2 is 2.00 bits per heavy atom. The minimum absolute atomic E-state index is 0.427. The first-order chi connectivity index (χ1) is 14.0. The maximum atomic E-state index is 5.13. The topological polar surface area (TPSA) is 88.0 Å². The minimum atomic E-state index is 0.427. The standard InChI is InChI=1S/C20H24N8O/c1-12-7-18(25-28-13(2)22-23-20(12)28)19-9-17(24-26(19)3)16-8-15(16)14-10-21-27(11-14)5-6-29-4/h7,9-11,15-16H,5-6,8H2,1-4H3. The average Bonchev–Trinajstić information content (AvgIpc) is 3.01. The molecule has 9 nitrogen and oxygen atoms in total.